The summed E-state index contributed by atoms with van der Waals surface area (Å²) in [7, 11) is 0. The third-order valence-corrected chi connectivity index (χ3v) is 3.89. The molecule has 2 aromatic rings. The lowest BCUT2D eigenvalue weighted by atomic mass is 9.99. The lowest BCUT2D eigenvalue weighted by Crippen LogP contribution is -2.37. The minimum Gasteiger partial charge on any atom is -0.307 e. The van der Waals surface area contributed by atoms with Crippen molar-refractivity contribution in [3.05, 3.63) is 64.2 Å². The lowest BCUT2D eigenvalue weighted by molar-refractivity contribution is 0.0955. The number of fused-ring (bicyclic) bond motifs is 1. The Labute approximate surface area is 128 Å². The van der Waals surface area contributed by atoms with Crippen LogP contribution in [-0.2, 0) is 0 Å². The predicted octanol–water partition coefficient (Wildman–Crippen LogP) is 3.88. The van der Waals surface area contributed by atoms with Crippen molar-refractivity contribution in [2.75, 3.05) is 11.4 Å². The third kappa shape index (κ3) is 2.57. The first-order chi connectivity index (χ1) is 10.1. The van der Waals surface area contributed by atoms with Crippen LogP contribution < -0.4 is 4.90 Å². The van der Waals surface area contributed by atoms with Crippen LogP contribution in [0.4, 0.5) is 5.69 Å². The Bertz CT molecular complexity index is 722. The molecular formula is C17H14ClNO2. The van der Waals surface area contributed by atoms with E-state index in [1.54, 1.807) is 35.2 Å². The van der Waals surface area contributed by atoms with Gasteiger partial charge in [-0.2, -0.15) is 0 Å². The molecule has 3 rings (SSSR count). The molecule has 1 aliphatic rings. The Balaban J connectivity index is 2.02. The number of anilines is 1. The van der Waals surface area contributed by atoms with E-state index in [2.05, 4.69) is 0 Å². The van der Waals surface area contributed by atoms with E-state index >= 15 is 0 Å². The monoisotopic (exact) mass is 299 g/mol. The number of ketones is 1. The number of carbonyl (C=O) groups is 2. The normalized spacial score (nSPS) is 14.0. The molecule has 3 nitrogen and oxygen atoms in total. The number of hydrogen-bond acceptors (Lipinski definition) is 2. The molecule has 1 amide bonds. The predicted molar refractivity (Wildman–Crippen MR) is 83.3 cm³/mol. The summed E-state index contributed by atoms with van der Waals surface area (Å²) in [5, 5.41) is 0.519. The van der Waals surface area contributed by atoms with Gasteiger partial charge >= 0.3 is 0 Å². The lowest BCUT2D eigenvalue weighted by Gasteiger charge is -2.29. The highest BCUT2D eigenvalue weighted by Crippen LogP contribution is 2.31. The zero-order chi connectivity index (χ0) is 15.0. The SMILES string of the molecule is Cc1ccc(C(=O)N2CCC(=O)c3ccc(Cl)cc32)cc1. The molecule has 0 aromatic heterocycles. The van der Waals surface area contributed by atoms with Gasteiger partial charge in [-0.15, -0.1) is 0 Å². The maximum atomic E-state index is 12.7. The molecule has 0 atom stereocenters. The fraction of sp³-hybridized carbons (Fsp3) is 0.176. The maximum absolute atomic E-state index is 12.7. The number of amides is 1. The minimum atomic E-state index is -0.106. The Kier molecular flexibility index (Phi) is 3.52. The van der Waals surface area contributed by atoms with Crippen LogP contribution in [0.1, 0.15) is 32.7 Å². The number of halogens is 1. The summed E-state index contributed by atoms with van der Waals surface area (Å²) in [6, 6.07) is 12.5. The van der Waals surface area contributed by atoms with E-state index in [0.29, 0.717) is 34.8 Å². The summed E-state index contributed by atoms with van der Waals surface area (Å²) in [5.41, 5.74) is 2.88. The molecule has 4 heteroatoms. The molecule has 0 saturated carbocycles. The van der Waals surface area contributed by atoms with Gasteiger partial charge < -0.3 is 4.90 Å². The second kappa shape index (κ2) is 5.34. The molecule has 0 aliphatic carbocycles. The molecular weight excluding hydrogens is 286 g/mol. The summed E-state index contributed by atoms with van der Waals surface area (Å²) in [5.74, 6) is -0.0550. The summed E-state index contributed by atoms with van der Waals surface area (Å²) < 4.78 is 0. The standard InChI is InChI=1S/C17H14ClNO2/c1-11-2-4-12(5-3-11)17(21)19-9-8-16(20)14-7-6-13(18)10-15(14)19/h2-7,10H,8-9H2,1H3. The molecule has 1 heterocycles. The van der Waals surface area contributed by atoms with E-state index < -0.39 is 0 Å². The van der Waals surface area contributed by atoms with Crippen molar-refractivity contribution in [3.8, 4) is 0 Å². The molecule has 0 saturated heterocycles. The Morgan fingerprint density at radius 2 is 1.86 bits per heavy atom. The highest BCUT2D eigenvalue weighted by atomic mass is 35.5. The van der Waals surface area contributed by atoms with Crippen LogP contribution in [0.25, 0.3) is 0 Å². The van der Waals surface area contributed by atoms with Crippen LogP contribution in [0.3, 0.4) is 0 Å². The molecule has 1 aliphatic heterocycles. The molecule has 0 radical (unpaired) electrons. The van der Waals surface area contributed by atoms with Crippen LogP contribution in [0.2, 0.25) is 5.02 Å². The van der Waals surface area contributed by atoms with Crippen molar-refractivity contribution in [2.45, 2.75) is 13.3 Å². The van der Waals surface area contributed by atoms with E-state index in [-0.39, 0.29) is 11.7 Å². The van der Waals surface area contributed by atoms with E-state index in [4.69, 9.17) is 11.6 Å². The van der Waals surface area contributed by atoms with Gasteiger partial charge in [0.25, 0.3) is 5.91 Å². The van der Waals surface area contributed by atoms with Gasteiger partial charge in [0.1, 0.15) is 0 Å². The first-order valence-corrected chi connectivity index (χ1v) is 7.15. The third-order valence-electron chi connectivity index (χ3n) is 3.66. The first-order valence-electron chi connectivity index (χ1n) is 6.77. The van der Waals surface area contributed by atoms with Gasteiger partial charge in [0.15, 0.2) is 5.78 Å². The molecule has 2 aromatic carbocycles. The Morgan fingerprint density at radius 3 is 2.57 bits per heavy atom. The molecule has 0 spiro atoms. The minimum absolute atomic E-state index is 0.0506. The number of hydrogen-bond donors (Lipinski definition) is 0. The number of rotatable bonds is 1. The van der Waals surface area contributed by atoms with Crippen LogP contribution in [-0.4, -0.2) is 18.2 Å². The Hall–Kier alpha value is -2.13. The molecule has 0 bridgehead atoms. The van der Waals surface area contributed by atoms with Gasteiger partial charge in [0.05, 0.1) is 5.69 Å². The first kappa shape index (κ1) is 13.8. The number of carbonyl (C=O) groups excluding carboxylic acids is 2. The molecule has 0 N–H and O–H groups in total. The zero-order valence-corrected chi connectivity index (χ0v) is 12.4. The van der Waals surface area contributed by atoms with Crippen LogP contribution in [0.5, 0.6) is 0 Å². The van der Waals surface area contributed by atoms with Crippen LogP contribution in [0, 0.1) is 6.92 Å². The summed E-state index contributed by atoms with van der Waals surface area (Å²) in [6.07, 6.45) is 0.340. The summed E-state index contributed by atoms with van der Waals surface area (Å²) in [6.45, 7) is 2.36. The van der Waals surface area contributed by atoms with Crippen molar-refractivity contribution in [2.24, 2.45) is 0 Å². The average molecular weight is 300 g/mol. The number of aryl methyl sites for hydroxylation is 1. The smallest absolute Gasteiger partial charge is 0.258 e. The number of benzene rings is 2. The quantitative estimate of drug-likeness (QED) is 0.801. The second-order valence-electron chi connectivity index (χ2n) is 5.16. The van der Waals surface area contributed by atoms with Crippen molar-refractivity contribution in [3.63, 3.8) is 0 Å². The molecule has 21 heavy (non-hydrogen) atoms. The number of Topliss-reactive ketones (excluding diaryl/α,β-unsaturated/α-hetero) is 1. The zero-order valence-electron chi connectivity index (χ0n) is 11.6. The van der Waals surface area contributed by atoms with Crippen LogP contribution in [0.15, 0.2) is 42.5 Å². The summed E-state index contributed by atoms with van der Waals surface area (Å²) >= 11 is 6.01. The van der Waals surface area contributed by atoms with Crippen molar-refractivity contribution in [1.29, 1.82) is 0 Å². The van der Waals surface area contributed by atoms with Gasteiger partial charge in [0, 0.05) is 29.1 Å². The largest absolute Gasteiger partial charge is 0.307 e. The van der Waals surface area contributed by atoms with Crippen molar-refractivity contribution < 1.29 is 9.59 Å². The van der Waals surface area contributed by atoms with Gasteiger partial charge in [-0.05, 0) is 37.3 Å². The second-order valence-corrected chi connectivity index (χ2v) is 5.59. The van der Waals surface area contributed by atoms with Gasteiger partial charge in [0.2, 0.25) is 0 Å². The highest BCUT2D eigenvalue weighted by molar-refractivity contribution is 6.31. The maximum Gasteiger partial charge on any atom is 0.258 e. The van der Waals surface area contributed by atoms with E-state index in [9.17, 15) is 9.59 Å². The fourth-order valence-corrected chi connectivity index (χ4v) is 2.66. The van der Waals surface area contributed by atoms with E-state index in [0.717, 1.165) is 5.56 Å². The Morgan fingerprint density at radius 1 is 1.14 bits per heavy atom. The molecule has 106 valence electrons. The molecule has 0 fully saturated rings. The van der Waals surface area contributed by atoms with Crippen molar-refractivity contribution in [1.82, 2.24) is 0 Å². The molecule has 0 unspecified atom stereocenters. The summed E-state index contributed by atoms with van der Waals surface area (Å²) in [4.78, 5) is 26.3. The van der Waals surface area contributed by atoms with E-state index in [1.165, 1.54) is 0 Å². The topological polar surface area (TPSA) is 37.4 Å². The average Bonchev–Trinajstić information content (AvgIpc) is 2.47. The van der Waals surface area contributed by atoms with Gasteiger partial charge in [-0.25, -0.2) is 0 Å². The van der Waals surface area contributed by atoms with Crippen LogP contribution >= 0.6 is 11.6 Å². The highest BCUT2D eigenvalue weighted by Gasteiger charge is 2.28. The number of nitrogens with zero attached hydrogens (tertiary/aromatic N) is 1. The van der Waals surface area contributed by atoms with Crippen molar-refractivity contribution >= 4 is 29.0 Å². The van der Waals surface area contributed by atoms with E-state index in [1.807, 2.05) is 19.1 Å². The van der Waals surface area contributed by atoms with Gasteiger partial charge in [-0.1, -0.05) is 29.3 Å². The fourth-order valence-electron chi connectivity index (χ4n) is 2.50. The van der Waals surface area contributed by atoms with Gasteiger partial charge in [-0.3, -0.25) is 9.59 Å².